The van der Waals surface area contributed by atoms with Crippen LogP contribution < -0.4 is 14.4 Å². The van der Waals surface area contributed by atoms with Crippen molar-refractivity contribution in [1.82, 2.24) is 0 Å². The lowest BCUT2D eigenvalue weighted by atomic mass is 10.1. The van der Waals surface area contributed by atoms with Gasteiger partial charge in [0.1, 0.15) is 24.7 Å². The van der Waals surface area contributed by atoms with Gasteiger partial charge in [-0.25, -0.2) is 0 Å². The number of carbonyl (C=O) groups excluding carboxylic acids is 1. The zero-order valence-corrected chi connectivity index (χ0v) is 15.5. The second kappa shape index (κ2) is 8.02. The normalized spacial score (nSPS) is 12.6. The molecule has 1 aliphatic rings. The molecule has 0 fully saturated rings. The van der Waals surface area contributed by atoms with Crippen LogP contribution in [0.15, 0.2) is 72.8 Å². The van der Waals surface area contributed by atoms with Crippen molar-refractivity contribution in [1.29, 1.82) is 0 Å². The van der Waals surface area contributed by atoms with E-state index in [-0.39, 0.29) is 11.6 Å². The number of anilines is 1. The monoisotopic (exact) mass is 390 g/mol. The number of nitro benzene ring substituents is 1. The standard InChI is InChI=1S/C22H18N2O5/c25-22(23-12-13-28-21-11-8-18(24(26)27)14-20(21)23)17-6-9-19(10-7-17)29-15-16-4-2-1-3-5-16/h1-11,14H,12-13,15H2. The summed E-state index contributed by atoms with van der Waals surface area (Å²) in [5.74, 6) is 0.867. The van der Waals surface area contributed by atoms with Gasteiger partial charge in [0.25, 0.3) is 11.6 Å². The summed E-state index contributed by atoms with van der Waals surface area (Å²) >= 11 is 0. The largest absolute Gasteiger partial charge is 0.490 e. The molecule has 0 spiro atoms. The number of nitro groups is 1. The quantitative estimate of drug-likeness (QED) is 0.481. The Morgan fingerprint density at radius 1 is 1.07 bits per heavy atom. The Hall–Kier alpha value is -3.87. The summed E-state index contributed by atoms with van der Waals surface area (Å²) in [5.41, 5.74) is 1.84. The first kappa shape index (κ1) is 18.5. The fourth-order valence-corrected chi connectivity index (χ4v) is 3.12. The van der Waals surface area contributed by atoms with E-state index in [2.05, 4.69) is 0 Å². The molecule has 4 rings (SSSR count). The van der Waals surface area contributed by atoms with Crippen LogP contribution in [0.2, 0.25) is 0 Å². The van der Waals surface area contributed by atoms with Gasteiger partial charge < -0.3 is 14.4 Å². The summed E-state index contributed by atoms with van der Waals surface area (Å²) in [4.78, 5) is 25.1. The minimum Gasteiger partial charge on any atom is -0.490 e. The molecule has 0 atom stereocenters. The van der Waals surface area contributed by atoms with Crippen molar-refractivity contribution in [3.8, 4) is 11.5 Å². The molecule has 0 unspecified atom stereocenters. The smallest absolute Gasteiger partial charge is 0.271 e. The molecule has 1 heterocycles. The van der Waals surface area contributed by atoms with Crippen molar-refractivity contribution in [2.75, 3.05) is 18.1 Å². The van der Waals surface area contributed by atoms with Crippen LogP contribution in [0.4, 0.5) is 11.4 Å². The van der Waals surface area contributed by atoms with Crippen molar-refractivity contribution in [3.63, 3.8) is 0 Å². The molecule has 29 heavy (non-hydrogen) atoms. The van der Waals surface area contributed by atoms with Gasteiger partial charge in [-0.3, -0.25) is 14.9 Å². The van der Waals surface area contributed by atoms with E-state index in [1.54, 1.807) is 24.3 Å². The number of ether oxygens (including phenoxy) is 2. The zero-order valence-electron chi connectivity index (χ0n) is 15.5. The lowest BCUT2D eigenvalue weighted by Crippen LogP contribution is -2.38. The maximum Gasteiger partial charge on any atom is 0.271 e. The van der Waals surface area contributed by atoms with Gasteiger partial charge in [0.2, 0.25) is 0 Å². The third-order valence-electron chi connectivity index (χ3n) is 4.61. The van der Waals surface area contributed by atoms with Gasteiger partial charge in [0.15, 0.2) is 0 Å². The second-order valence-electron chi connectivity index (χ2n) is 6.51. The summed E-state index contributed by atoms with van der Waals surface area (Å²) in [5, 5.41) is 11.1. The summed E-state index contributed by atoms with van der Waals surface area (Å²) < 4.78 is 11.3. The third kappa shape index (κ3) is 4.03. The van der Waals surface area contributed by atoms with E-state index in [0.717, 1.165) is 5.56 Å². The molecule has 1 aliphatic heterocycles. The summed E-state index contributed by atoms with van der Waals surface area (Å²) in [6, 6.07) is 20.9. The highest BCUT2D eigenvalue weighted by atomic mass is 16.6. The number of amides is 1. The lowest BCUT2D eigenvalue weighted by Gasteiger charge is -2.29. The number of carbonyl (C=O) groups is 1. The van der Waals surface area contributed by atoms with E-state index in [9.17, 15) is 14.9 Å². The highest BCUT2D eigenvalue weighted by molar-refractivity contribution is 6.07. The van der Waals surface area contributed by atoms with E-state index >= 15 is 0 Å². The molecule has 0 saturated heterocycles. The van der Waals surface area contributed by atoms with Crippen molar-refractivity contribution in [2.45, 2.75) is 6.61 Å². The number of fused-ring (bicyclic) bond motifs is 1. The Bertz CT molecular complexity index is 1030. The molecule has 0 aliphatic carbocycles. The molecule has 146 valence electrons. The van der Waals surface area contributed by atoms with Crippen LogP contribution in [0, 0.1) is 10.1 Å². The van der Waals surface area contributed by atoms with E-state index in [4.69, 9.17) is 9.47 Å². The predicted molar refractivity (Wildman–Crippen MR) is 107 cm³/mol. The maximum atomic E-state index is 13.0. The molecule has 0 bridgehead atoms. The number of benzene rings is 3. The van der Waals surface area contributed by atoms with E-state index in [1.165, 1.54) is 23.1 Å². The van der Waals surface area contributed by atoms with Crippen LogP contribution in [0.5, 0.6) is 11.5 Å². The van der Waals surface area contributed by atoms with Crippen LogP contribution >= 0.6 is 0 Å². The molecule has 3 aromatic carbocycles. The molecular weight excluding hydrogens is 372 g/mol. The third-order valence-corrected chi connectivity index (χ3v) is 4.61. The highest BCUT2D eigenvalue weighted by Crippen LogP contribution is 2.35. The van der Waals surface area contributed by atoms with Gasteiger partial charge in [0.05, 0.1) is 17.2 Å². The Morgan fingerprint density at radius 3 is 2.55 bits per heavy atom. The summed E-state index contributed by atoms with van der Waals surface area (Å²) in [7, 11) is 0. The summed E-state index contributed by atoms with van der Waals surface area (Å²) in [6.45, 7) is 1.09. The number of rotatable bonds is 5. The first-order chi connectivity index (χ1) is 14.1. The minimum absolute atomic E-state index is 0.0864. The molecule has 0 radical (unpaired) electrons. The Balaban J connectivity index is 1.50. The second-order valence-corrected chi connectivity index (χ2v) is 6.51. The molecular formula is C22H18N2O5. The van der Waals surface area contributed by atoms with Crippen LogP contribution in [-0.2, 0) is 6.61 Å². The van der Waals surface area contributed by atoms with Gasteiger partial charge in [-0.15, -0.1) is 0 Å². The van der Waals surface area contributed by atoms with Crippen LogP contribution in [0.25, 0.3) is 0 Å². The van der Waals surface area contributed by atoms with Gasteiger partial charge >= 0.3 is 0 Å². The van der Waals surface area contributed by atoms with Crippen LogP contribution in [0.3, 0.4) is 0 Å². The predicted octanol–water partition coefficient (Wildman–Crippen LogP) is 4.21. The SMILES string of the molecule is O=C(c1ccc(OCc2ccccc2)cc1)N1CCOc2ccc([N+](=O)[O-])cc21. The molecule has 7 nitrogen and oxygen atoms in total. The summed E-state index contributed by atoms with van der Waals surface area (Å²) in [6.07, 6.45) is 0. The van der Waals surface area contributed by atoms with Gasteiger partial charge in [0, 0.05) is 17.7 Å². The fraction of sp³-hybridized carbons (Fsp3) is 0.136. The van der Waals surface area contributed by atoms with E-state index in [0.29, 0.717) is 42.5 Å². The first-order valence-electron chi connectivity index (χ1n) is 9.12. The molecule has 0 saturated carbocycles. The molecule has 0 aromatic heterocycles. The van der Waals surface area contributed by atoms with Gasteiger partial charge in [-0.05, 0) is 35.9 Å². The van der Waals surface area contributed by atoms with Gasteiger partial charge in [-0.2, -0.15) is 0 Å². The average molecular weight is 390 g/mol. The van der Waals surface area contributed by atoms with Gasteiger partial charge in [-0.1, -0.05) is 30.3 Å². The Labute approximate surface area is 167 Å². The average Bonchev–Trinajstić information content (AvgIpc) is 2.77. The molecule has 7 heteroatoms. The number of non-ortho nitro benzene ring substituents is 1. The zero-order chi connectivity index (χ0) is 20.2. The Kier molecular flexibility index (Phi) is 5.11. The number of hydrogen-bond acceptors (Lipinski definition) is 5. The maximum absolute atomic E-state index is 13.0. The molecule has 3 aromatic rings. The van der Waals surface area contributed by atoms with Crippen molar-refractivity contribution in [2.24, 2.45) is 0 Å². The van der Waals surface area contributed by atoms with E-state index in [1.807, 2.05) is 30.3 Å². The first-order valence-corrected chi connectivity index (χ1v) is 9.12. The molecule has 0 N–H and O–H groups in total. The Morgan fingerprint density at radius 2 is 1.83 bits per heavy atom. The van der Waals surface area contributed by atoms with Crippen molar-refractivity contribution >= 4 is 17.3 Å². The lowest BCUT2D eigenvalue weighted by molar-refractivity contribution is -0.384. The van der Waals surface area contributed by atoms with Crippen LogP contribution in [-0.4, -0.2) is 24.0 Å². The van der Waals surface area contributed by atoms with Crippen molar-refractivity contribution < 1.29 is 19.2 Å². The number of hydrogen-bond donors (Lipinski definition) is 0. The van der Waals surface area contributed by atoms with E-state index < -0.39 is 4.92 Å². The van der Waals surface area contributed by atoms with Crippen LogP contribution in [0.1, 0.15) is 15.9 Å². The van der Waals surface area contributed by atoms with Crippen molar-refractivity contribution in [3.05, 3.63) is 94.0 Å². The molecule has 1 amide bonds. The topological polar surface area (TPSA) is 81.9 Å². The minimum atomic E-state index is -0.490. The number of nitrogens with zero attached hydrogens (tertiary/aromatic N) is 2. The highest BCUT2D eigenvalue weighted by Gasteiger charge is 2.26. The fourth-order valence-electron chi connectivity index (χ4n) is 3.12.